The van der Waals surface area contributed by atoms with E-state index in [0.717, 1.165) is 40.3 Å². The molecule has 2 heterocycles. The number of fused-ring (bicyclic) bond motifs is 3. The Morgan fingerprint density at radius 2 is 1.67 bits per heavy atom. The van der Waals surface area contributed by atoms with Gasteiger partial charge in [0, 0.05) is 24.3 Å². The normalized spacial score (nSPS) is 14.0. The van der Waals surface area contributed by atoms with Crippen LogP contribution >= 0.6 is 11.3 Å². The lowest BCUT2D eigenvalue weighted by Crippen LogP contribution is -2.22. The lowest BCUT2D eigenvalue weighted by atomic mass is 10.1. The molecule has 0 saturated heterocycles. The molecule has 0 aliphatic heterocycles. The molecule has 2 aromatic carbocycles. The molecule has 0 radical (unpaired) electrons. The largest absolute Gasteiger partial charge is 0.391 e. The summed E-state index contributed by atoms with van der Waals surface area (Å²) in [4.78, 5) is 12.3. The van der Waals surface area contributed by atoms with Crippen LogP contribution in [0.15, 0.2) is 60.7 Å². The minimum absolute atomic E-state index is 0.469. The van der Waals surface area contributed by atoms with E-state index < -0.39 is 6.10 Å². The van der Waals surface area contributed by atoms with Crippen molar-refractivity contribution in [2.45, 2.75) is 38.2 Å². The first kappa shape index (κ1) is 19.2. The highest BCUT2D eigenvalue weighted by molar-refractivity contribution is 7.19. The molecule has 0 saturated carbocycles. The zero-order chi connectivity index (χ0) is 20.3. The zero-order valence-corrected chi connectivity index (χ0v) is 17.7. The third-order valence-corrected chi connectivity index (χ3v) is 6.82. The van der Waals surface area contributed by atoms with E-state index in [0.29, 0.717) is 19.4 Å². The molecule has 30 heavy (non-hydrogen) atoms. The molecule has 2 N–H and O–H groups in total. The standard InChI is InChI=1S/C25H25N3OS/c29-19(14-17-8-3-1-4-9-17)16-26-24-23-20-12-7-13-21(20)30-25(23)28-22(27-24)15-18-10-5-2-6-11-18/h1-6,8-11,19,29H,7,12-16H2,(H,26,27,28). The first-order valence-electron chi connectivity index (χ1n) is 10.6. The summed E-state index contributed by atoms with van der Waals surface area (Å²) in [5, 5.41) is 15.2. The number of anilines is 1. The van der Waals surface area contributed by atoms with Gasteiger partial charge in [0.05, 0.1) is 11.5 Å². The molecule has 0 fully saturated rings. The molecule has 5 heteroatoms. The third kappa shape index (κ3) is 4.09. The molecular weight excluding hydrogens is 390 g/mol. The zero-order valence-electron chi connectivity index (χ0n) is 16.8. The number of aryl methyl sites for hydroxylation is 2. The first-order valence-corrected chi connectivity index (χ1v) is 11.4. The summed E-state index contributed by atoms with van der Waals surface area (Å²) < 4.78 is 0. The summed E-state index contributed by atoms with van der Waals surface area (Å²) in [6.07, 6.45) is 4.31. The molecule has 1 aliphatic carbocycles. The van der Waals surface area contributed by atoms with Crippen LogP contribution in [0.1, 0.15) is 33.8 Å². The number of aromatic nitrogens is 2. The van der Waals surface area contributed by atoms with Gasteiger partial charge in [-0.05, 0) is 36.0 Å². The van der Waals surface area contributed by atoms with Crippen molar-refractivity contribution in [1.82, 2.24) is 9.97 Å². The summed E-state index contributed by atoms with van der Waals surface area (Å²) in [5.74, 6) is 1.70. The van der Waals surface area contributed by atoms with Crippen molar-refractivity contribution in [3.05, 3.63) is 88.1 Å². The van der Waals surface area contributed by atoms with Crippen LogP contribution < -0.4 is 5.32 Å². The molecule has 1 unspecified atom stereocenters. The van der Waals surface area contributed by atoms with E-state index in [9.17, 15) is 5.11 Å². The Kier molecular flexibility index (Phi) is 5.47. The molecule has 0 spiro atoms. The van der Waals surface area contributed by atoms with Crippen molar-refractivity contribution in [3.8, 4) is 0 Å². The Bertz CT molecular complexity index is 1140. The minimum atomic E-state index is -0.471. The highest BCUT2D eigenvalue weighted by atomic mass is 32.1. The maximum Gasteiger partial charge on any atom is 0.138 e. The molecule has 5 rings (SSSR count). The number of hydrogen-bond donors (Lipinski definition) is 2. The van der Waals surface area contributed by atoms with Crippen molar-refractivity contribution < 1.29 is 5.11 Å². The number of benzene rings is 2. The first-order chi connectivity index (χ1) is 14.8. The van der Waals surface area contributed by atoms with Crippen LogP contribution in [0.4, 0.5) is 5.82 Å². The van der Waals surface area contributed by atoms with E-state index in [1.54, 1.807) is 0 Å². The SMILES string of the molecule is OC(CNc1nc(Cc2ccccc2)nc2sc3c(c12)CCC3)Cc1ccccc1. The number of nitrogens with zero attached hydrogens (tertiary/aromatic N) is 2. The van der Waals surface area contributed by atoms with Gasteiger partial charge in [0.15, 0.2) is 0 Å². The van der Waals surface area contributed by atoms with Gasteiger partial charge < -0.3 is 10.4 Å². The second kappa shape index (κ2) is 8.54. The molecule has 1 aliphatic rings. The monoisotopic (exact) mass is 415 g/mol. The number of rotatable bonds is 7. The van der Waals surface area contributed by atoms with Crippen LogP contribution in [-0.4, -0.2) is 27.7 Å². The van der Waals surface area contributed by atoms with Crippen molar-refractivity contribution >= 4 is 27.4 Å². The lowest BCUT2D eigenvalue weighted by molar-refractivity contribution is 0.188. The van der Waals surface area contributed by atoms with Crippen LogP contribution in [-0.2, 0) is 25.7 Å². The van der Waals surface area contributed by atoms with Crippen molar-refractivity contribution in [2.75, 3.05) is 11.9 Å². The van der Waals surface area contributed by atoms with Gasteiger partial charge in [-0.25, -0.2) is 9.97 Å². The molecule has 4 aromatic rings. The summed E-state index contributed by atoms with van der Waals surface area (Å²) in [6.45, 7) is 0.469. The average Bonchev–Trinajstić information content (AvgIpc) is 3.34. The topological polar surface area (TPSA) is 58.0 Å². The molecule has 4 nitrogen and oxygen atoms in total. The minimum Gasteiger partial charge on any atom is -0.391 e. The van der Waals surface area contributed by atoms with Gasteiger partial charge in [-0.3, -0.25) is 0 Å². The van der Waals surface area contributed by atoms with Gasteiger partial charge in [0.2, 0.25) is 0 Å². The average molecular weight is 416 g/mol. The summed E-state index contributed by atoms with van der Waals surface area (Å²) in [7, 11) is 0. The predicted molar refractivity (Wildman–Crippen MR) is 123 cm³/mol. The quantitative estimate of drug-likeness (QED) is 0.456. The lowest BCUT2D eigenvalue weighted by Gasteiger charge is -2.14. The van der Waals surface area contributed by atoms with Crippen molar-refractivity contribution in [2.24, 2.45) is 0 Å². The van der Waals surface area contributed by atoms with Gasteiger partial charge in [0.1, 0.15) is 16.5 Å². The fourth-order valence-corrected chi connectivity index (χ4v) is 5.48. The maximum absolute atomic E-state index is 10.6. The van der Waals surface area contributed by atoms with E-state index in [1.165, 1.54) is 22.4 Å². The predicted octanol–water partition coefficient (Wildman–Crippen LogP) is 4.79. The Labute approximate surface area is 180 Å². The number of aliphatic hydroxyl groups is 1. The number of nitrogens with one attached hydrogen (secondary N) is 1. The van der Waals surface area contributed by atoms with Gasteiger partial charge in [-0.2, -0.15) is 0 Å². The van der Waals surface area contributed by atoms with Gasteiger partial charge >= 0.3 is 0 Å². The van der Waals surface area contributed by atoms with Crippen molar-refractivity contribution in [1.29, 1.82) is 0 Å². The van der Waals surface area contributed by atoms with Gasteiger partial charge in [-0.1, -0.05) is 60.7 Å². The van der Waals surface area contributed by atoms with Crippen LogP contribution in [0.5, 0.6) is 0 Å². The molecular formula is C25H25N3OS. The number of thiophene rings is 1. The van der Waals surface area contributed by atoms with E-state index >= 15 is 0 Å². The van der Waals surface area contributed by atoms with Crippen LogP contribution in [0.3, 0.4) is 0 Å². The Morgan fingerprint density at radius 3 is 2.43 bits per heavy atom. The molecule has 1 atom stereocenters. The number of aliphatic hydroxyl groups excluding tert-OH is 1. The Morgan fingerprint density at radius 1 is 0.933 bits per heavy atom. The molecule has 2 aromatic heterocycles. The van der Waals surface area contributed by atoms with Gasteiger partial charge in [-0.15, -0.1) is 11.3 Å². The molecule has 0 bridgehead atoms. The van der Waals surface area contributed by atoms with Crippen LogP contribution in [0.2, 0.25) is 0 Å². The maximum atomic E-state index is 10.6. The van der Waals surface area contributed by atoms with E-state index in [1.807, 2.05) is 47.7 Å². The highest BCUT2D eigenvalue weighted by Gasteiger charge is 2.22. The van der Waals surface area contributed by atoms with E-state index in [4.69, 9.17) is 9.97 Å². The Balaban J connectivity index is 1.41. The second-order valence-corrected chi connectivity index (χ2v) is 9.00. The molecule has 152 valence electrons. The second-order valence-electron chi connectivity index (χ2n) is 7.91. The van der Waals surface area contributed by atoms with E-state index in [2.05, 4.69) is 29.6 Å². The fraction of sp³-hybridized carbons (Fsp3) is 0.280. The smallest absolute Gasteiger partial charge is 0.138 e. The summed E-state index contributed by atoms with van der Waals surface area (Å²) in [6, 6.07) is 20.5. The highest BCUT2D eigenvalue weighted by Crippen LogP contribution is 2.39. The molecule has 0 amide bonds. The van der Waals surface area contributed by atoms with Crippen LogP contribution in [0, 0.1) is 0 Å². The Hall–Kier alpha value is -2.76. The fourth-order valence-electron chi connectivity index (χ4n) is 4.20. The summed E-state index contributed by atoms with van der Waals surface area (Å²) >= 11 is 1.81. The van der Waals surface area contributed by atoms with Crippen LogP contribution in [0.25, 0.3) is 10.2 Å². The summed E-state index contributed by atoms with van der Waals surface area (Å²) in [5.41, 5.74) is 3.75. The number of hydrogen-bond acceptors (Lipinski definition) is 5. The van der Waals surface area contributed by atoms with E-state index in [-0.39, 0.29) is 0 Å². The van der Waals surface area contributed by atoms with Gasteiger partial charge in [0.25, 0.3) is 0 Å². The third-order valence-electron chi connectivity index (χ3n) is 5.64. The van der Waals surface area contributed by atoms with Crippen molar-refractivity contribution in [3.63, 3.8) is 0 Å².